The van der Waals surface area contributed by atoms with Gasteiger partial charge in [0.1, 0.15) is 0 Å². The minimum atomic E-state index is 0.520. The predicted octanol–water partition coefficient (Wildman–Crippen LogP) is 2.09. The van der Waals surface area contributed by atoms with E-state index in [-0.39, 0.29) is 0 Å². The Labute approximate surface area is 86.3 Å². The van der Waals surface area contributed by atoms with Crippen molar-refractivity contribution >= 4 is 27.3 Å². The van der Waals surface area contributed by atoms with Gasteiger partial charge in [-0.3, -0.25) is 4.98 Å². The first kappa shape index (κ1) is 8.81. The number of nitrogens with zero attached hydrogens (tertiary/aromatic N) is 2. The Kier molecular flexibility index (Phi) is 2.15. The van der Waals surface area contributed by atoms with Gasteiger partial charge < -0.3 is 10.2 Å². The minimum absolute atomic E-state index is 0.520. The lowest BCUT2D eigenvalue weighted by molar-refractivity contribution is 0.696. The lowest BCUT2D eigenvalue weighted by atomic mass is 10.2. The summed E-state index contributed by atoms with van der Waals surface area (Å²) in [7, 11) is 2.11. The van der Waals surface area contributed by atoms with E-state index in [1.807, 2.05) is 12.4 Å². The van der Waals surface area contributed by atoms with Gasteiger partial charge in [-0.2, -0.15) is 0 Å². The highest BCUT2D eigenvalue weighted by Gasteiger charge is 2.21. The Hall–Kier alpha value is -0.770. The van der Waals surface area contributed by atoms with Crippen molar-refractivity contribution in [1.29, 1.82) is 0 Å². The molecule has 0 saturated heterocycles. The first-order chi connectivity index (χ1) is 6.20. The lowest BCUT2D eigenvalue weighted by Gasteiger charge is -2.34. The summed E-state index contributed by atoms with van der Waals surface area (Å²) < 4.78 is 1.05. The van der Waals surface area contributed by atoms with E-state index in [1.54, 1.807) is 0 Å². The van der Waals surface area contributed by atoms with E-state index in [0.29, 0.717) is 6.04 Å². The third-order valence-corrected chi connectivity index (χ3v) is 3.05. The minimum Gasteiger partial charge on any atom is -0.380 e. The summed E-state index contributed by atoms with van der Waals surface area (Å²) >= 11 is 3.51. The van der Waals surface area contributed by atoms with Crippen LogP contribution in [0.4, 0.5) is 11.4 Å². The Bertz CT molecular complexity index is 327. The standard InChI is InChI=1S/C9H12BrN3/c1-6-3-12-8-5-11-4-7(10)9(8)13(6)2/h4-6,12H,3H2,1-2H3/t6-/m1/s1. The number of fused-ring (bicyclic) bond motifs is 1. The van der Waals surface area contributed by atoms with Gasteiger partial charge in [0.25, 0.3) is 0 Å². The summed E-state index contributed by atoms with van der Waals surface area (Å²) in [5, 5.41) is 3.35. The van der Waals surface area contributed by atoms with Crippen LogP contribution in [0.2, 0.25) is 0 Å². The number of hydrogen-bond donors (Lipinski definition) is 1. The first-order valence-electron chi connectivity index (χ1n) is 4.30. The number of nitrogens with one attached hydrogen (secondary N) is 1. The fourth-order valence-corrected chi connectivity index (χ4v) is 2.14. The molecule has 0 saturated carbocycles. The zero-order valence-corrected chi connectivity index (χ0v) is 9.30. The summed E-state index contributed by atoms with van der Waals surface area (Å²) in [6.07, 6.45) is 3.69. The Morgan fingerprint density at radius 2 is 2.38 bits per heavy atom. The van der Waals surface area contributed by atoms with Crippen LogP contribution in [0.1, 0.15) is 6.92 Å². The van der Waals surface area contributed by atoms with Crippen LogP contribution in [-0.4, -0.2) is 24.6 Å². The second kappa shape index (κ2) is 3.18. The zero-order valence-electron chi connectivity index (χ0n) is 7.71. The Balaban J connectivity index is 2.51. The lowest BCUT2D eigenvalue weighted by Crippen LogP contribution is -2.39. The van der Waals surface area contributed by atoms with E-state index in [4.69, 9.17) is 0 Å². The monoisotopic (exact) mass is 241 g/mol. The molecule has 1 aromatic heterocycles. The zero-order chi connectivity index (χ0) is 9.42. The second-order valence-electron chi connectivity index (χ2n) is 3.36. The van der Waals surface area contributed by atoms with E-state index < -0.39 is 0 Å². The normalized spacial score (nSPS) is 20.8. The summed E-state index contributed by atoms with van der Waals surface area (Å²) in [5.74, 6) is 0. The molecule has 0 unspecified atom stereocenters. The number of rotatable bonds is 0. The van der Waals surface area contributed by atoms with Crippen molar-refractivity contribution in [3.05, 3.63) is 16.9 Å². The topological polar surface area (TPSA) is 28.2 Å². The van der Waals surface area contributed by atoms with Crippen molar-refractivity contribution in [2.45, 2.75) is 13.0 Å². The maximum atomic E-state index is 4.12. The maximum Gasteiger partial charge on any atom is 0.0778 e. The third kappa shape index (κ3) is 1.39. The number of anilines is 2. The molecule has 0 amide bonds. The molecule has 1 aromatic rings. The Morgan fingerprint density at radius 3 is 3.15 bits per heavy atom. The summed E-state index contributed by atoms with van der Waals surface area (Å²) in [6, 6.07) is 0.520. The highest BCUT2D eigenvalue weighted by Crippen LogP contribution is 2.35. The largest absolute Gasteiger partial charge is 0.380 e. The van der Waals surface area contributed by atoms with Crippen LogP contribution >= 0.6 is 15.9 Å². The first-order valence-corrected chi connectivity index (χ1v) is 5.09. The maximum absolute atomic E-state index is 4.12. The van der Waals surface area contributed by atoms with Gasteiger partial charge in [-0.15, -0.1) is 0 Å². The predicted molar refractivity (Wildman–Crippen MR) is 58.3 cm³/mol. The molecule has 0 aliphatic carbocycles. The van der Waals surface area contributed by atoms with Crippen LogP contribution in [0.3, 0.4) is 0 Å². The smallest absolute Gasteiger partial charge is 0.0778 e. The SMILES string of the molecule is C[C@@H]1CNc2cncc(Br)c2N1C. The molecule has 2 heterocycles. The van der Waals surface area contributed by atoms with Crippen molar-refractivity contribution in [1.82, 2.24) is 4.98 Å². The van der Waals surface area contributed by atoms with E-state index in [2.05, 4.69) is 45.1 Å². The van der Waals surface area contributed by atoms with Crippen molar-refractivity contribution in [2.75, 3.05) is 23.8 Å². The van der Waals surface area contributed by atoms with Crippen LogP contribution in [-0.2, 0) is 0 Å². The van der Waals surface area contributed by atoms with Crippen LogP contribution in [0, 0.1) is 0 Å². The molecular formula is C9H12BrN3. The third-order valence-electron chi connectivity index (χ3n) is 2.47. The summed E-state index contributed by atoms with van der Waals surface area (Å²) in [4.78, 5) is 6.38. The molecule has 70 valence electrons. The van der Waals surface area contributed by atoms with Gasteiger partial charge in [0.2, 0.25) is 0 Å². The van der Waals surface area contributed by atoms with Gasteiger partial charge in [0, 0.05) is 25.8 Å². The molecule has 0 spiro atoms. The number of pyridine rings is 1. The van der Waals surface area contributed by atoms with Crippen LogP contribution < -0.4 is 10.2 Å². The highest BCUT2D eigenvalue weighted by atomic mass is 79.9. The van der Waals surface area contributed by atoms with Crippen LogP contribution in [0.15, 0.2) is 16.9 Å². The van der Waals surface area contributed by atoms with Gasteiger partial charge >= 0.3 is 0 Å². The average molecular weight is 242 g/mol. The molecule has 4 heteroatoms. The molecule has 2 rings (SSSR count). The van der Waals surface area contributed by atoms with Gasteiger partial charge in [0.15, 0.2) is 0 Å². The van der Waals surface area contributed by atoms with E-state index in [0.717, 1.165) is 16.7 Å². The number of likely N-dealkylation sites (N-methyl/N-ethyl adjacent to an activating group) is 1. The molecule has 0 radical (unpaired) electrons. The van der Waals surface area contributed by atoms with Crippen molar-refractivity contribution in [3.63, 3.8) is 0 Å². The van der Waals surface area contributed by atoms with Crippen molar-refractivity contribution < 1.29 is 0 Å². The van der Waals surface area contributed by atoms with Gasteiger partial charge in [-0.1, -0.05) is 0 Å². The molecule has 1 N–H and O–H groups in total. The molecule has 3 nitrogen and oxygen atoms in total. The molecule has 0 fully saturated rings. The van der Waals surface area contributed by atoms with Gasteiger partial charge in [-0.25, -0.2) is 0 Å². The molecule has 1 aliphatic rings. The summed E-state index contributed by atoms with van der Waals surface area (Å²) in [5.41, 5.74) is 2.31. The van der Waals surface area contributed by atoms with Gasteiger partial charge in [-0.05, 0) is 22.9 Å². The fraction of sp³-hybridized carbons (Fsp3) is 0.444. The Morgan fingerprint density at radius 1 is 1.62 bits per heavy atom. The van der Waals surface area contributed by atoms with Crippen LogP contribution in [0.5, 0.6) is 0 Å². The number of hydrogen-bond acceptors (Lipinski definition) is 3. The quantitative estimate of drug-likeness (QED) is 0.755. The van der Waals surface area contributed by atoms with Crippen molar-refractivity contribution in [3.8, 4) is 0 Å². The van der Waals surface area contributed by atoms with Crippen molar-refractivity contribution in [2.24, 2.45) is 0 Å². The highest BCUT2D eigenvalue weighted by molar-refractivity contribution is 9.10. The van der Waals surface area contributed by atoms with E-state index in [9.17, 15) is 0 Å². The fourth-order valence-electron chi connectivity index (χ4n) is 1.53. The average Bonchev–Trinajstić information content (AvgIpc) is 2.12. The number of aromatic nitrogens is 1. The molecule has 0 aromatic carbocycles. The molecule has 0 bridgehead atoms. The van der Waals surface area contributed by atoms with Gasteiger partial charge in [0.05, 0.1) is 22.0 Å². The molecule has 13 heavy (non-hydrogen) atoms. The molecule has 1 atom stereocenters. The van der Waals surface area contributed by atoms with E-state index in [1.165, 1.54) is 5.69 Å². The van der Waals surface area contributed by atoms with E-state index >= 15 is 0 Å². The number of halogens is 1. The second-order valence-corrected chi connectivity index (χ2v) is 4.21. The summed E-state index contributed by atoms with van der Waals surface area (Å²) in [6.45, 7) is 3.17. The van der Waals surface area contributed by atoms with Crippen LogP contribution in [0.25, 0.3) is 0 Å². The molecular weight excluding hydrogens is 230 g/mol. The molecule has 1 aliphatic heterocycles.